The first-order chi connectivity index (χ1) is 7.48. The molecule has 0 radical (unpaired) electrons. The fourth-order valence-electron chi connectivity index (χ4n) is 1.89. The molecule has 1 aliphatic rings. The molecule has 1 rings (SSSR count). The van der Waals surface area contributed by atoms with Crippen LogP contribution in [0.4, 0.5) is 0 Å². The number of nitrogens with one attached hydrogen (secondary N) is 1. The molecule has 16 heavy (non-hydrogen) atoms. The second-order valence-electron chi connectivity index (χ2n) is 4.69. The molecule has 1 saturated heterocycles. The molecule has 0 amide bonds. The summed E-state index contributed by atoms with van der Waals surface area (Å²) in [5.41, 5.74) is -0.355. The van der Waals surface area contributed by atoms with Gasteiger partial charge in [0.15, 0.2) is 0 Å². The average molecular weight is 231 g/mol. The lowest BCUT2D eigenvalue weighted by atomic mass is 10.1. The Morgan fingerprint density at radius 3 is 2.81 bits per heavy atom. The van der Waals surface area contributed by atoms with Crippen molar-refractivity contribution in [2.24, 2.45) is 0 Å². The Morgan fingerprint density at radius 2 is 2.25 bits per heavy atom. The van der Waals surface area contributed by atoms with Crippen LogP contribution in [0.2, 0.25) is 0 Å². The first-order valence-electron chi connectivity index (χ1n) is 5.58. The van der Waals surface area contributed by atoms with Crippen molar-refractivity contribution >= 4 is 5.97 Å². The van der Waals surface area contributed by atoms with E-state index in [0.717, 1.165) is 0 Å². The van der Waals surface area contributed by atoms with Gasteiger partial charge in [0.2, 0.25) is 0 Å². The van der Waals surface area contributed by atoms with Crippen LogP contribution in [0.25, 0.3) is 0 Å². The Labute approximate surface area is 96.1 Å². The predicted molar refractivity (Wildman–Crippen MR) is 59.1 cm³/mol. The molecule has 0 aliphatic carbocycles. The van der Waals surface area contributed by atoms with Gasteiger partial charge in [0, 0.05) is 19.6 Å². The second kappa shape index (κ2) is 5.61. The molecule has 1 aliphatic heterocycles. The molecule has 2 atom stereocenters. The lowest BCUT2D eigenvalue weighted by molar-refractivity contribution is -0.143. The van der Waals surface area contributed by atoms with Crippen molar-refractivity contribution < 1.29 is 19.4 Å². The van der Waals surface area contributed by atoms with E-state index in [1.807, 2.05) is 13.8 Å². The van der Waals surface area contributed by atoms with Crippen molar-refractivity contribution in [1.29, 1.82) is 0 Å². The minimum Gasteiger partial charge on any atom is -0.468 e. The zero-order chi connectivity index (χ0) is 12.2. The van der Waals surface area contributed by atoms with Crippen LogP contribution in [0.15, 0.2) is 0 Å². The number of ether oxygens (including phenoxy) is 2. The third kappa shape index (κ3) is 3.73. The lowest BCUT2D eigenvalue weighted by Gasteiger charge is -2.28. The number of hydrogen-bond acceptors (Lipinski definition) is 5. The monoisotopic (exact) mass is 231 g/mol. The number of aliphatic hydroxyl groups is 1. The van der Waals surface area contributed by atoms with E-state index < -0.39 is 0 Å². The molecule has 94 valence electrons. The van der Waals surface area contributed by atoms with Gasteiger partial charge in [-0.15, -0.1) is 0 Å². The quantitative estimate of drug-likeness (QED) is 0.655. The van der Waals surface area contributed by atoms with E-state index in [2.05, 4.69) is 10.1 Å². The number of carbonyl (C=O) groups is 1. The highest BCUT2D eigenvalue weighted by molar-refractivity contribution is 5.76. The number of hydrogen-bond donors (Lipinski definition) is 2. The molecule has 0 aromatic rings. The summed E-state index contributed by atoms with van der Waals surface area (Å²) in [5.74, 6) is -0.244. The SMILES string of the molecule is COC(=O)[C@@H]1C[C@@H](OC(C)(C)CCO)CN1. The van der Waals surface area contributed by atoms with Crippen LogP contribution in [0.5, 0.6) is 0 Å². The average Bonchev–Trinajstić information content (AvgIpc) is 2.64. The summed E-state index contributed by atoms with van der Waals surface area (Å²) in [5, 5.41) is 11.9. The summed E-state index contributed by atoms with van der Waals surface area (Å²) in [7, 11) is 1.38. The minimum absolute atomic E-state index is 0.00523. The van der Waals surface area contributed by atoms with Crippen molar-refractivity contribution in [3.8, 4) is 0 Å². The van der Waals surface area contributed by atoms with Crippen LogP contribution in [0.1, 0.15) is 26.7 Å². The van der Waals surface area contributed by atoms with Gasteiger partial charge in [0.05, 0.1) is 18.8 Å². The summed E-state index contributed by atoms with van der Waals surface area (Å²) in [4.78, 5) is 11.3. The van der Waals surface area contributed by atoms with Gasteiger partial charge in [-0.2, -0.15) is 0 Å². The molecule has 1 fully saturated rings. The van der Waals surface area contributed by atoms with E-state index in [4.69, 9.17) is 9.84 Å². The first kappa shape index (κ1) is 13.4. The fraction of sp³-hybridized carbons (Fsp3) is 0.909. The van der Waals surface area contributed by atoms with Crippen molar-refractivity contribution in [2.75, 3.05) is 20.3 Å². The maximum Gasteiger partial charge on any atom is 0.322 e. The highest BCUT2D eigenvalue weighted by Crippen LogP contribution is 2.21. The largest absolute Gasteiger partial charge is 0.468 e. The molecule has 1 heterocycles. The van der Waals surface area contributed by atoms with E-state index >= 15 is 0 Å². The Morgan fingerprint density at radius 1 is 1.56 bits per heavy atom. The van der Waals surface area contributed by atoms with E-state index in [1.54, 1.807) is 0 Å². The molecule has 0 aromatic heterocycles. The molecule has 0 spiro atoms. The van der Waals surface area contributed by atoms with Gasteiger partial charge < -0.3 is 19.9 Å². The predicted octanol–water partition coefficient (Wildman–Crippen LogP) is 0.0675. The number of esters is 1. The lowest BCUT2D eigenvalue weighted by Crippen LogP contribution is -2.32. The molecule has 0 unspecified atom stereocenters. The van der Waals surface area contributed by atoms with Gasteiger partial charge >= 0.3 is 5.97 Å². The third-order valence-corrected chi connectivity index (χ3v) is 2.78. The van der Waals surface area contributed by atoms with Crippen molar-refractivity contribution in [3.63, 3.8) is 0 Å². The van der Waals surface area contributed by atoms with Crippen LogP contribution in [-0.4, -0.2) is 49.1 Å². The normalized spacial score (nSPS) is 25.8. The maximum atomic E-state index is 11.3. The Balaban J connectivity index is 2.39. The standard InChI is InChI=1S/C11H21NO4/c1-11(2,4-5-13)16-8-6-9(12-7-8)10(14)15-3/h8-9,12-13H,4-7H2,1-3H3/t8-,9+/m1/s1. The summed E-state index contributed by atoms with van der Waals surface area (Å²) < 4.78 is 10.5. The van der Waals surface area contributed by atoms with Crippen LogP contribution >= 0.6 is 0 Å². The molecule has 2 N–H and O–H groups in total. The van der Waals surface area contributed by atoms with Crippen LogP contribution in [0, 0.1) is 0 Å². The van der Waals surface area contributed by atoms with Crippen LogP contribution in [-0.2, 0) is 14.3 Å². The van der Waals surface area contributed by atoms with E-state index in [1.165, 1.54) is 7.11 Å². The zero-order valence-electron chi connectivity index (χ0n) is 10.2. The van der Waals surface area contributed by atoms with E-state index in [0.29, 0.717) is 19.4 Å². The summed E-state index contributed by atoms with van der Waals surface area (Å²) >= 11 is 0. The van der Waals surface area contributed by atoms with Crippen molar-refractivity contribution in [2.45, 2.75) is 44.4 Å². The number of carbonyl (C=O) groups excluding carboxylic acids is 1. The van der Waals surface area contributed by atoms with E-state index in [-0.39, 0.29) is 30.3 Å². The molecule has 5 nitrogen and oxygen atoms in total. The number of rotatable bonds is 5. The first-order valence-corrected chi connectivity index (χ1v) is 5.58. The Bertz CT molecular complexity index is 242. The van der Waals surface area contributed by atoms with Gasteiger partial charge in [-0.25, -0.2) is 0 Å². The Kier molecular flexibility index (Phi) is 4.70. The molecule has 0 bridgehead atoms. The zero-order valence-corrected chi connectivity index (χ0v) is 10.2. The highest BCUT2D eigenvalue weighted by Gasteiger charge is 2.33. The molecule has 0 aromatic carbocycles. The van der Waals surface area contributed by atoms with Crippen molar-refractivity contribution in [1.82, 2.24) is 5.32 Å². The summed E-state index contributed by atoms with van der Waals surface area (Å²) in [6.45, 7) is 4.63. The Hall–Kier alpha value is -0.650. The van der Waals surface area contributed by atoms with Crippen LogP contribution in [0.3, 0.4) is 0 Å². The minimum atomic E-state index is -0.355. The number of aliphatic hydroxyl groups excluding tert-OH is 1. The summed E-state index contributed by atoms with van der Waals surface area (Å²) in [6, 6.07) is -0.264. The molecule has 5 heteroatoms. The van der Waals surface area contributed by atoms with E-state index in [9.17, 15) is 4.79 Å². The number of methoxy groups -OCH3 is 1. The smallest absolute Gasteiger partial charge is 0.322 e. The highest BCUT2D eigenvalue weighted by atomic mass is 16.5. The van der Waals surface area contributed by atoms with Gasteiger partial charge in [0.25, 0.3) is 0 Å². The third-order valence-electron chi connectivity index (χ3n) is 2.78. The molecular weight excluding hydrogens is 210 g/mol. The second-order valence-corrected chi connectivity index (χ2v) is 4.69. The van der Waals surface area contributed by atoms with Gasteiger partial charge in [0.1, 0.15) is 6.04 Å². The fourth-order valence-corrected chi connectivity index (χ4v) is 1.89. The van der Waals surface area contributed by atoms with Gasteiger partial charge in [-0.1, -0.05) is 0 Å². The topological polar surface area (TPSA) is 67.8 Å². The van der Waals surface area contributed by atoms with Gasteiger partial charge in [-0.05, 0) is 20.3 Å². The van der Waals surface area contributed by atoms with Gasteiger partial charge in [-0.3, -0.25) is 4.79 Å². The van der Waals surface area contributed by atoms with Crippen molar-refractivity contribution in [3.05, 3.63) is 0 Å². The maximum absolute atomic E-state index is 11.3. The molecule has 0 saturated carbocycles. The summed E-state index contributed by atoms with van der Waals surface area (Å²) in [6.07, 6.45) is 1.22. The van der Waals surface area contributed by atoms with Crippen LogP contribution < -0.4 is 5.32 Å². The molecular formula is C11H21NO4.